The molecule has 0 amide bonds. The zero-order chi connectivity index (χ0) is 15.7. The van der Waals surface area contributed by atoms with Gasteiger partial charge >= 0.3 is 0 Å². The zero-order valence-corrected chi connectivity index (χ0v) is 13.0. The van der Waals surface area contributed by atoms with Gasteiger partial charge in [-0.05, 0) is 24.7 Å². The molecule has 0 saturated heterocycles. The van der Waals surface area contributed by atoms with Crippen LogP contribution in [-0.2, 0) is 4.79 Å². The standard InChI is InChI=1S/C18H16N2OS/c1-3-4-10-13-11(2)17(21)14-15(12-8-6-5-7-9-12)19-18(22)20-16(13)14/h3-10,15H,1H2,2H3,(H2,19,20,22)/b10-4-. The van der Waals surface area contributed by atoms with Crippen molar-refractivity contribution in [2.75, 3.05) is 0 Å². The molecule has 0 spiro atoms. The molecule has 1 aromatic rings. The molecule has 0 fully saturated rings. The van der Waals surface area contributed by atoms with Crippen molar-refractivity contribution in [3.8, 4) is 0 Å². The van der Waals surface area contributed by atoms with Gasteiger partial charge in [0.2, 0.25) is 0 Å². The Morgan fingerprint density at radius 3 is 2.68 bits per heavy atom. The van der Waals surface area contributed by atoms with E-state index < -0.39 is 0 Å². The molecule has 22 heavy (non-hydrogen) atoms. The smallest absolute Gasteiger partial charge is 0.189 e. The fraction of sp³-hybridized carbons (Fsp3) is 0.111. The minimum absolute atomic E-state index is 0.0510. The van der Waals surface area contributed by atoms with Crippen LogP contribution in [0.3, 0.4) is 0 Å². The maximum atomic E-state index is 12.7. The molecule has 2 N–H and O–H groups in total. The van der Waals surface area contributed by atoms with E-state index in [4.69, 9.17) is 12.2 Å². The largest absolute Gasteiger partial charge is 0.351 e. The number of carbonyl (C=O) groups is 1. The molecule has 110 valence electrons. The fourth-order valence-electron chi connectivity index (χ4n) is 2.80. The predicted molar refractivity (Wildman–Crippen MR) is 92.1 cm³/mol. The van der Waals surface area contributed by atoms with Crippen molar-refractivity contribution in [2.45, 2.75) is 13.0 Å². The van der Waals surface area contributed by atoms with Crippen LogP contribution in [0.25, 0.3) is 0 Å². The van der Waals surface area contributed by atoms with Gasteiger partial charge in [-0.2, -0.15) is 0 Å². The van der Waals surface area contributed by atoms with Crippen LogP contribution in [-0.4, -0.2) is 10.9 Å². The van der Waals surface area contributed by atoms with Gasteiger partial charge in [-0.25, -0.2) is 0 Å². The summed E-state index contributed by atoms with van der Waals surface area (Å²) in [7, 11) is 0. The summed E-state index contributed by atoms with van der Waals surface area (Å²) >= 11 is 5.32. The molecular formula is C18H16N2OS. The van der Waals surface area contributed by atoms with Gasteiger partial charge in [-0.15, -0.1) is 0 Å². The number of ketones is 1. The summed E-state index contributed by atoms with van der Waals surface area (Å²) in [5, 5.41) is 6.86. The lowest BCUT2D eigenvalue weighted by Crippen LogP contribution is -2.44. The highest BCUT2D eigenvalue weighted by atomic mass is 32.1. The number of rotatable bonds is 3. The monoisotopic (exact) mass is 308 g/mol. The van der Waals surface area contributed by atoms with Gasteiger partial charge in [0.1, 0.15) is 0 Å². The van der Waals surface area contributed by atoms with Crippen molar-refractivity contribution in [2.24, 2.45) is 0 Å². The Labute approximate surface area is 135 Å². The highest BCUT2D eigenvalue weighted by Crippen LogP contribution is 2.38. The van der Waals surface area contributed by atoms with Crippen molar-refractivity contribution in [1.29, 1.82) is 0 Å². The normalized spacial score (nSPS) is 21.0. The topological polar surface area (TPSA) is 41.1 Å². The van der Waals surface area contributed by atoms with Crippen molar-refractivity contribution in [3.05, 3.63) is 83.1 Å². The predicted octanol–water partition coefficient (Wildman–Crippen LogP) is 3.10. The number of hydrogen-bond donors (Lipinski definition) is 2. The Balaban J connectivity index is 2.12. The van der Waals surface area contributed by atoms with E-state index in [1.807, 2.05) is 49.4 Å². The highest BCUT2D eigenvalue weighted by molar-refractivity contribution is 7.80. The molecule has 4 heteroatoms. The molecule has 1 heterocycles. The maximum Gasteiger partial charge on any atom is 0.189 e. The molecule has 2 aliphatic rings. The van der Waals surface area contributed by atoms with Gasteiger partial charge in [-0.3, -0.25) is 4.79 Å². The first-order valence-electron chi connectivity index (χ1n) is 7.05. The van der Waals surface area contributed by atoms with Crippen LogP contribution in [0.4, 0.5) is 0 Å². The molecule has 0 saturated carbocycles. The van der Waals surface area contributed by atoms with Gasteiger partial charge < -0.3 is 10.6 Å². The number of carbonyl (C=O) groups excluding carboxylic acids is 1. The van der Waals surface area contributed by atoms with E-state index in [1.165, 1.54) is 0 Å². The van der Waals surface area contributed by atoms with Crippen LogP contribution in [0.2, 0.25) is 0 Å². The Bertz CT molecular complexity index is 757. The Kier molecular flexibility index (Phi) is 3.77. The van der Waals surface area contributed by atoms with Crippen LogP contribution >= 0.6 is 12.2 Å². The third kappa shape index (κ3) is 2.31. The second-order valence-corrected chi connectivity index (χ2v) is 5.60. The number of allylic oxidation sites excluding steroid dienone is 4. The number of nitrogens with one attached hydrogen (secondary N) is 2. The van der Waals surface area contributed by atoms with E-state index in [-0.39, 0.29) is 11.8 Å². The van der Waals surface area contributed by atoms with Gasteiger partial charge in [0.25, 0.3) is 0 Å². The second-order valence-electron chi connectivity index (χ2n) is 5.19. The van der Waals surface area contributed by atoms with E-state index in [2.05, 4.69) is 17.2 Å². The molecular weight excluding hydrogens is 292 g/mol. The van der Waals surface area contributed by atoms with Gasteiger partial charge in [0.05, 0.1) is 17.3 Å². The van der Waals surface area contributed by atoms with E-state index in [1.54, 1.807) is 6.08 Å². The first-order valence-corrected chi connectivity index (χ1v) is 7.46. The van der Waals surface area contributed by atoms with Gasteiger partial charge in [0.15, 0.2) is 10.9 Å². The Morgan fingerprint density at radius 2 is 2.00 bits per heavy atom. The third-order valence-corrected chi connectivity index (χ3v) is 4.08. The minimum atomic E-state index is -0.220. The molecule has 1 atom stereocenters. The van der Waals surface area contributed by atoms with E-state index in [0.29, 0.717) is 5.11 Å². The molecule has 0 bridgehead atoms. The number of thiocarbonyl (C=S) groups is 1. The summed E-state index contributed by atoms with van der Waals surface area (Å²) in [5.74, 6) is 0.0510. The van der Waals surface area contributed by atoms with Crippen LogP contribution in [0.15, 0.2) is 77.6 Å². The van der Waals surface area contributed by atoms with Crippen molar-refractivity contribution < 1.29 is 4.79 Å². The molecule has 3 nitrogen and oxygen atoms in total. The quantitative estimate of drug-likeness (QED) is 0.665. The first-order chi connectivity index (χ1) is 10.6. The highest BCUT2D eigenvalue weighted by Gasteiger charge is 2.37. The Hall–Kier alpha value is -2.46. The number of hydrogen-bond acceptors (Lipinski definition) is 2. The average molecular weight is 308 g/mol. The third-order valence-electron chi connectivity index (χ3n) is 3.86. The molecule has 1 aliphatic carbocycles. The molecule has 1 aliphatic heterocycles. The summed E-state index contributed by atoms with van der Waals surface area (Å²) in [4.78, 5) is 12.7. The molecule has 0 radical (unpaired) electrons. The summed E-state index contributed by atoms with van der Waals surface area (Å²) in [6.07, 6.45) is 5.41. The molecule has 0 aromatic heterocycles. The van der Waals surface area contributed by atoms with Crippen LogP contribution in [0.5, 0.6) is 0 Å². The first kappa shape index (κ1) is 14.5. The van der Waals surface area contributed by atoms with Crippen LogP contribution < -0.4 is 10.6 Å². The van der Waals surface area contributed by atoms with E-state index in [9.17, 15) is 4.79 Å². The van der Waals surface area contributed by atoms with Crippen LogP contribution in [0.1, 0.15) is 18.5 Å². The van der Waals surface area contributed by atoms with Crippen molar-refractivity contribution >= 4 is 23.1 Å². The van der Waals surface area contributed by atoms with Gasteiger partial charge in [-0.1, -0.05) is 55.1 Å². The van der Waals surface area contributed by atoms with E-state index in [0.717, 1.165) is 28.0 Å². The van der Waals surface area contributed by atoms with E-state index >= 15 is 0 Å². The number of Topliss-reactive ketones (excluding diaryl/α,β-unsaturated/α-hetero) is 1. The summed E-state index contributed by atoms with van der Waals surface area (Å²) in [6.45, 7) is 5.52. The van der Waals surface area contributed by atoms with Crippen molar-refractivity contribution in [1.82, 2.24) is 10.6 Å². The molecule has 1 unspecified atom stereocenters. The van der Waals surface area contributed by atoms with Crippen molar-refractivity contribution in [3.63, 3.8) is 0 Å². The lowest BCUT2D eigenvalue weighted by atomic mass is 9.94. The van der Waals surface area contributed by atoms with Gasteiger partial charge in [0, 0.05) is 11.1 Å². The maximum absolute atomic E-state index is 12.7. The lowest BCUT2D eigenvalue weighted by molar-refractivity contribution is -0.112. The average Bonchev–Trinajstić information content (AvgIpc) is 2.77. The molecule has 1 aromatic carbocycles. The minimum Gasteiger partial charge on any atom is -0.351 e. The fourth-order valence-corrected chi connectivity index (χ4v) is 3.02. The number of benzene rings is 1. The summed E-state index contributed by atoms with van der Waals surface area (Å²) in [6, 6.07) is 9.65. The summed E-state index contributed by atoms with van der Waals surface area (Å²) in [5.41, 5.74) is 4.15. The Morgan fingerprint density at radius 1 is 1.27 bits per heavy atom. The molecule has 3 rings (SSSR count). The second kappa shape index (κ2) is 5.73. The SMILES string of the molecule is C=C/C=C\C1=C(C)C(=O)C2=C1NC(=S)NC2c1ccccc1. The lowest BCUT2D eigenvalue weighted by Gasteiger charge is -2.29. The van der Waals surface area contributed by atoms with Crippen LogP contribution in [0, 0.1) is 0 Å². The zero-order valence-electron chi connectivity index (χ0n) is 12.2. The summed E-state index contributed by atoms with van der Waals surface area (Å²) < 4.78 is 0.